The Morgan fingerprint density at radius 1 is 1.37 bits per heavy atom. The van der Waals surface area contributed by atoms with Gasteiger partial charge in [0.05, 0.1) is 6.10 Å². The zero-order valence-corrected chi connectivity index (χ0v) is 11.5. The minimum Gasteiger partial charge on any atom is -0.445 e. The van der Waals surface area contributed by atoms with Gasteiger partial charge in [0, 0.05) is 19.7 Å². The van der Waals surface area contributed by atoms with E-state index in [1.165, 1.54) is 0 Å². The molecule has 0 aromatic heterocycles. The van der Waals surface area contributed by atoms with E-state index in [1.807, 2.05) is 37.3 Å². The van der Waals surface area contributed by atoms with E-state index in [1.54, 1.807) is 12.0 Å². The summed E-state index contributed by atoms with van der Waals surface area (Å²) < 4.78 is 10.7. The average Bonchev–Trinajstić information content (AvgIpc) is 2.45. The number of amides is 1. The van der Waals surface area contributed by atoms with Gasteiger partial charge in [0.15, 0.2) is 0 Å². The second kappa shape index (κ2) is 6.57. The number of benzene rings is 1. The Hall–Kier alpha value is -1.55. The highest BCUT2D eigenvalue weighted by molar-refractivity contribution is 5.68. The number of rotatable bonds is 3. The highest BCUT2D eigenvalue weighted by Gasteiger charge is 2.29. The van der Waals surface area contributed by atoms with Crippen molar-refractivity contribution in [1.82, 2.24) is 4.90 Å². The molecule has 4 nitrogen and oxygen atoms in total. The largest absolute Gasteiger partial charge is 0.445 e. The minimum atomic E-state index is -0.231. The molecule has 1 amide bonds. The van der Waals surface area contributed by atoms with Gasteiger partial charge in [0.25, 0.3) is 0 Å². The molecule has 1 aromatic rings. The zero-order valence-electron chi connectivity index (χ0n) is 11.5. The van der Waals surface area contributed by atoms with E-state index in [-0.39, 0.29) is 18.2 Å². The molecule has 0 radical (unpaired) electrons. The van der Waals surface area contributed by atoms with Gasteiger partial charge in [-0.15, -0.1) is 0 Å². The standard InChI is InChI=1S/C15H21NO3/c1-12-10-14(18-2)8-9-16(12)15(17)19-11-13-6-4-3-5-7-13/h3-7,12,14H,8-11H2,1-2H3. The minimum absolute atomic E-state index is 0.168. The summed E-state index contributed by atoms with van der Waals surface area (Å²) in [7, 11) is 1.72. The number of methoxy groups -OCH3 is 1. The molecular formula is C15H21NO3. The number of likely N-dealkylation sites (tertiary alicyclic amines) is 1. The van der Waals surface area contributed by atoms with Crippen molar-refractivity contribution in [2.45, 2.75) is 38.5 Å². The maximum Gasteiger partial charge on any atom is 0.410 e. The molecule has 0 spiro atoms. The first-order chi connectivity index (χ1) is 9.20. The maximum absolute atomic E-state index is 12.0. The highest BCUT2D eigenvalue weighted by Crippen LogP contribution is 2.20. The van der Waals surface area contributed by atoms with E-state index in [9.17, 15) is 4.79 Å². The van der Waals surface area contributed by atoms with Crippen LogP contribution in [0.3, 0.4) is 0 Å². The van der Waals surface area contributed by atoms with E-state index in [2.05, 4.69) is 0 Å². The van der Waals surface area contributed by atoms with Crippen LogP contribution in [0.1, 0.15) is 25.3 Å². The molecule has 2 rings (SSSR count). The summed E-state index contributed by atoms with van der Waals surface area (Å²) in [4.78, 5) is 13.8. The topological polar surface area (TPSA) is 38.8 Å². The van der Waals surface area contributed by atoms with E-state index in [0.29, 0.717) is 13.2 Å². The third kappa shape index (κ3) is 3.70. The molecule has 0 saturated carbocycles. The summed E-state index contributed by atoms with van der Waals surface area (Å²) in [5, 5.41) is 0. The van der Waals surface area contributed by atoms with E-state index in [4.69, 9.17) is 9.47 Å². The first kappa shape index (κ1) is 13.9. The second-order valence-corrected chi connectivity index (χ2v) is 4.96. The van der Waals surface area contributed by atoms with Crippen LogP contribution in [0, 0.1) is 0 Å². The Labute approximate surface area is 114 Å². The van der Waals surface area contributed by atoms with Crippen LogP contribution in [0.5, 0.6) is 0 Å². The molecule has 2 unspecified atom stereocenters. The van der Waals surface area contributed by atoms with Crippen LogP contribution < -0.4 is 0 Å². The van der Waals surface area contributed by atoms with Crippen molar-refractivity contribution in [2.75, 3.05) is 13.7 Å². The lowest BCUT2D eigenvalue weighted by atomic mass is 10.0. The van der Waals surface area contributed by atoms with E-state index < -0.39 is 0 Å². The van der Waals surface area contributed by atoms with Crippen molar-refractivity contribution in [1.29, 1.82) is 0 Å². The van der Waals surface area contributed by atoms with Gasteiger partial charge in [-0.3, -0.25) is 0 Å². The summed E-state index contributed by atoms with van der Waals surface area (Å²) in [6.07, 6.45) is 1.78. The van der Waals surface area contributed by atoms with Gasteiger partial charge in [0.2, 0.25) is 0 Å². The Morgan fingerprint density at radius 3 is 2.74 bits per heavy atom. The van der Waals surface area contributed by atoms with Crippen molar-refractivity contribution in [2.24, 2.45) is 0 Å². The van der Waals surface area contributed by atoms with Crippen LogP contribution in [0.25, 0.3) is 0 Å². The molecule has 1 saturated heterocycles. The van der Waals surface area contributed by atoms with Crippen molar-refractivity contribution >= 4 is 6.09 Å². The summed E-state index contributed by atoms with van der Waals surface area (Å²) in [5.74, 6) is 0. The number of ether oxygens (including phenoxy) is 2. The first-order valence-corrected chi connectivity index (χ1v) is 6.71. The lowest BCUT2D eigenvalue weighted by molar-refractivity contribution is 0.00991. The molecule has 104 valence electrons. The molecule has 2 atom stereocenters. The molecule has 1 fully saturated rings. The lowest BCUT2D eigenvalue weighted by Gasteiger charge is -2.36. The fourth-order valence-electron chi connectivity index (χ4n) is 2.42. The SMILES string of the molecule is COC1CCN(C(=O)OCc2ccccc2)C(C)C1. The number of hydrogen-bond donors (Lipinski definition) is 0. The van der Waals surface area contributed by atoms with E-state index in [0.717, 1.165) is 18.4 Å². The molecule has 19 heavy (non-hydrogen) atoms. The number of hydrogen-bond acceptors (Lipinski definition) is 3. The average molecular weight is 263 g/mol. The molecular weight excluding hydrogens is 242 g/mol. The number of nitrogens with zero attached hydrogens (tertiary/aromatic N) is 1. The third-order valence-electron chi connectivity index (χ3n) is 3.60. The number of carbonyl (C=O) groups excluding carboxylic acids is 1. The van der Waals surface area contributed by atoms with Crippen LogP contribution in [-0.2, 0) is 16.1 Å². The fourth-order valence-corrected chi connectivity index (χ4v) is 2.42. The van der Waals surface area contributed by atoms with Crippen LogP contribution in [0.15, 0.2) is 30.3 Å². The summed E-state index contributed by atoms with van der Waals surface area (Å²) >= 11 is 0. The molecule has 1 aliphatic heterocycles. The monoisotopic (exact) mass is 263 g/mol. The maximum atomic E-state index is 12.0. The number of carbonyl (C=O) groups is 1. The van der Waals surface area contributed by atoms with Crippen LogP contribution in [-0.4, -0.2) is 36.8 Å². The van der Waals surface area contributed by atoms with Gasteiger partial charge in [0.1, 0.15) is 6.61 Å². The van der Waals surface area contributed by atoms with Crippen LogP contribution in [0.4, 0.5) is 4.79 Å². The predicted octanol–water partition coefficient (Wildman–Crippen LogP) is 2.82. The molecule has 0 N–H and O–H groups in total. The first-order valence-electron chi connectivity index (χ1n) is 6.71. The fraction of sp³-hybridized carbons (Fsp3) is 0.533. The quantitative estimate of drug-likeness (QED) is 0.841. The van der Waals surface area contributed by atoms with Crippen LogP contribution >= 0.6 is 0 Å². The lowest BCUT2D eigenvalue weighted by Crippen LogP contribution is -2.46. The van der Waals surface area contributed by atoms with Crippen molar-refractivity contribution in [3.63, 3.8) is 0 Å². The zero-order chi connectivity index (χ0) is 13.7. The number of piperidine rings is 1. The smallest absolute Gasteiger partial charge is 0.410 e. The normalized spacial score (nSPS) is 23.2. The summed E-state index contributed by atoms with van der Waals surface area (Å²) in [5.41, 5.74) is 1.01. The van der Waals surface area contributed by atoms with Crippen molar-refractivity contribution in [3.05, 3.63) is 35.9 Å². The van der Waals surface area contributed by atoms with Gasteiger partial charge in [-0.05, 0) is 25.3 Å². The Balaban J connectivity index is 1.83. The molecule has 1 aromatic carbocycles. The van der Waals surface area contributed by atoms with Crippen molar-refractivity contribution in [3.8, 4) is 0 Å². The molecule has 0 bridgehead atoms. The van der Waals surface area contributed by atoms with E-state index >= 15 is 0 Å². The second-order valence-electron chi connectivity index (χ2n) is 4.96. The summed E-state index contributed by atoms with van der Waals surface area (Å²) in [6, 6.07) is 9.90. The van der Waals surface area contributed by atoms with Gasteiger partial charge in [-0.2, -0.15) is 0 Å². The van der Waals surface area contributed by atoms with Gasteiger partial charge in [-0.25, -0.2) is 4.79 Å². The Bertz CT molecular complexity index is 407. The van der Waals surface area contributed by atoms with Crippen LogP contribution in [0.2, 0.25) is 0 Å². The van der Waals surface area contributed by atoms with Gasteiger partial charge >= 0.3 is 6.09 Å². The van der Waals surface area contributed by atoms with Gasteiger partial charge < -0.3 is 14.4 Å². The highest BCUT2D eigenvalue weighted by atomic mass is 16.6. The molecule has 1 aliphatic rings. The van der Waals surface area contributed by atoms with Gasteiger partial charge in [-0.1, -0.05) is 30.3 Å². The Morgan fingerprint density at radius 2 is 2.11 bits per heavy atom. The summed E-state index contributed by atoms with van der Waals surface area (Å²) in [6.45, 7) is 3.07. The Kier molecular flexibility index (Phi) is 4.80. The van der Waals surface area contributed by atoms with Crippen molar-refractivity contribution < 1.29 is 14.3 Å². The molecule has 0 aliphatic carbocycles. The predicted molar refractivity (Wildman–Crippen MR) is 72.8 cm³/mol. The molecule has 1 heterocycles. The third-order valence-corrected chi connectivity index (χ3v) is 3.60. The molecule has 4 heteroatoms.